The highest BCUT2D eigenvalue weighted by Gasteiger charge is 2.27. The molecule has 7 heteroatoms. The first kappa shape index (κ1) is 14.3. The smallest absolute Gasteiger partial charge is 0.224 e. The van der Waals surface area contributed by atoms with Crippen molar-refractivity contribution in [3.8, 4) is 0 Å². The normalized spacial score (nSPS) is 24.3. The molecule has 3 rings (SSSR count). The summed E-state index contributed by atoms with van der Waals surface area (Å²) >= 11 is 0. The Bertz CT molecular complexity index is 454. The van der Waals surface area contributed by atoms with Gasteiger partial charge in [-0.25, -0.2) is 5.10 Å². The summed E-state index contributed by atoms with van der Waals surface area (Å²) in [6.07, 6.45) is 5.85. The van der Waals surface area contributed by atoms with Crippen molar-refractivity contribution in [1.29, 1.82) is 0 Å². The van der Waals surface area contributed by atoms with Gasteiger partial charge in [-0.15, -0.1) is 0 Å². The van der Waals surface area contributed by atoms with Crippen molar-refractivity contribution in [3.63, 3.8) is 0 Å². The maximum absolute atomic E-state index is 12.5. The minimum Gasteiger partial charge on any atom is -0.339 e. The number of likely N-dealkylation sites (tertiary alicyclic amines) is 1. The van der Waals surface area contributed by atoms with Crippen LogP contribution in [0, 0.1) is 0 Å². The number of rotatable bonds is 3. The predicted octanol–water partition coefficient (Wildman–Crippen LogP) is 0.328. The molecular formula is C14H24N6O. The summed E-state index contributed by atoms with van der Waals surface area (Å²) in [7, 11) is 2.14. The minimum absolute atomic E-state index is 0.297. The van der Waals surface area contributed by atoms with Crippen molar-refractivity contribution < 1.29 is 4.79 Å². The zero-order valence-corrected chi connectivity index (χ0v) is 12.7. The molecule has 21 heavy (non-hydrogen) atoms. The van der Waals surface area contributed by atoms with E-state index in [-0.39, 0.29) is 0 Å². The first-order chi connectivity index (χ1) is 10.2. The molecule has 3 heterocycles. The van der Waals surface area contributed by atoms with Crippen molar-refractivity contribution >= 4 is 11.9 Å². The Morgan fingerprint density at radius 3 is 2.76 bits per heavy atom. The maximum atomic E-state index is 12.5. The lowest BCUT2D eigenvalue weighted by Gasteiger charge is -2.37. The Morgan fingerprint density at radius 2 is 2.10 bits per heavy atom. The molecule has 2 aliphatic heterocycles. The van der Waals surface area contributed by atoms with E-state index in [1.165, 1.54) is 19.2 Å². The van der Waals surface area contributed by atoms with Gasteiger partial charge in [0, 0.05) is 38.6 Å². The number of H-pyrrole nitrogens is 1. The van der Waals surface area contributed by atoms with Crippen molar-refractivity contribution in [1.82, 2.24) is 25.0 Å². The molecular weight excluding hydrogens is 268 g/mol. The van der Waals surface area contributed by atoms with E-state index in [9.17, 15) is 4.79 Å². The molecule has 7 nitrogen and oxygen atoms in total. The lowest BCUT2D eigenvalue weighted by molar-refractivity contribution is -0.133. The number of carbonyl (C=O) groups excluding carboxylic acids is 1. The van der Waals surface area contributed by atoms with E-state index in [2.05, 4.69) is 32.0 Å². The van der Waals surface area contributed by atoms with E-state index in [4.69, 9.17) is 0 Å². The fourth-order valence-corrected chi connectivity index (χ4v) is 3.25. The summed E-state index contributed by atoms with van der Waals surface area (Å²) in [4.78, 5) is 23.1. The fraction of sp³-hybridized carbons (Fsp3) is 0.786. The average molecular weight is 292 g/mol. The lowest BCUT2D eigenvalue weighted by atomic mass is 9.99. The number of amides is 1. The van der Waals surface area contributed by atoms with Crippen LogP contribution in [0.25, 0.3) is 0 Å². The summed E-state index contributed by atoms with van der Waals surface area (Å²) in [5.74, 6) is 1.10. The molecule has 116 valence electrons. The van der Waals surface area contributed by atoms with Gasteiger partial charge in [0.15, 0.2) is 0 Å². The largest absolute Gasteiger partial charge is 0.339 e. The fourth-order valence-electron chi connectivity index (χ4n) is 3.25. The van der Waals surface area contributed by atoms with Crippen LogP contribution in [0.2, 0.25) is 0 Å². The van der Waals surface area contributed by atoms with Gasteiger partial charge >= 0.3 is 0 Å². The van der Waals surface area contributed by atoms with E-state index in [0.29, 0.717) is 18.4 Å². The molecule has 2 saturated heterocycles. The highest BCUT2D eigenvalue weighted by atomic mass is 16.2. The summed E-state index contributed by atoms with van der Waals surface area (Å²) in [6, 6.07) is 0.429. The number of hydrogen-bond donors (Lipinski definition) is 1. The highest BCUT2D eigenvalue weighted by molar-refractivity contribution is 5.77. The molecule has 2 fully saturated rings. The van der Waals surface area contributed by atoms with Crippen LogP contribution in [0.15, 0.2) is 6.33 Å². The quantitative estimate of drug-likeness (QED) is 0.869. The van der Waals surface area contributed by atoms with Crippen LogP contribution < -0.4 is 4.90 Å². The Balaban J connectivity index is 1.48. The molecule has 2 aliphatic rings. The Morgan fingerprint density at radius 1 is 1.29 bits per heavy atom. The van der Waals surface area contributed by atoms with Gasteiger partial charge in [-0.1, -0.05) is 6.42 Å². The SMILES string of the molecule is CN1CCCC[C@H]1CC(=O)N1CCN(c2ncn[nH]2)CC1. The highest BCUT2D eigenvalue weighted by Crippen LogP contribution is 2.19. The zero-order valence-electron chi connectivity index (χ0n) is 12.7. The topological polar surface area (TPSA) is 68.4 Å². The standard InChI is InChI=1S/C14H24N6O/c1-18-5-3-2-4-12(18)10-13(21)19-6-8-20(9-7-19)14-15-11-16-17-14/h11-12H,2-10H2,1H3,(H,15,16,17)/t12-/m0/s1. The molecule has 0 unspecified atom stereocenters. The molecule has 0 radical (unpaired) electrons. The third kappa shape index (κ3) is 3.34. The second-order valence-electron chi connectivity index (χ2n) is 6.01. The third-order valence-electron chi connectivity index (χ3n) is 4.67. The Kier molecular flexibility index (Phi) is 4.38. The number of nitrogens with one attached hydrogen (secondary N) is 1. The van der Waals surface area contributed by atoms with Gasteiger partial charge < -0.3 is 14.7 Å². The van der Waals surface area contributed by atoms with Crippen LogP contribution in [-0.4, -0.2) is 76.7 Å². The van der Waals surface area contributed by atoms with Gasteiger partial charge in [-0.05, 0) is 26.4 Å². The van der Waals surface area contributed by atoms with Crippen LogP contribution in [0.4, 0.5) is 5.95 Å². The van der Waals surface area contributed by atoms with Crippen LogP contribution in [0.5, 0.6) is 0 Å². The van der Waals surface area contributed by atoms with E-state index in [1.54, 1.807) is 0 Å². The number of carbonyl (C=O) groups is 1. The Hall–Kier alpha value is -1.63. The van der Waals surface area contributed by atoms with Gasteiger partial charge in [0.05, 0.1) is 0 Å². The first-order valence-corrected chi connectivity index (χ1v) is 7.82. The van der Waals surface area contributed by atoms with E-state index >= 15 is 0 Å². The molecule has 0 aliphatic carbocycles. The number of aromatic amines is 1. The monoisotopic (exact) mass is 292 g/mol. The minimum atomic E-state index is 0.297. The molecule has 0 saturated carbocycles. The van der Waals surface area contributed by atoms with Crippen molar-refractivity contribution in [2.24, 2.45) is 0 Å². The van der Waals surface area contributed by atoms with E-state index in [1.807, 2.05) is 4.90 Å². The van der Waals surface area contributed by atoms with Gasteiger partial charge in [-0.2, -0.15) is 10.1 Å². The van der Waals surface area contributed by atoms with Crippen molar-refractivity contribution in [3.05, 3.63) is 6.33 Å². The molecule has 0 spiro atoms. The number of nitrogens with zero attached hydrogens (tertiary/aromatic N) is 5. The van der Waals surface area contributed by atoms with Gasteiger partial charge in [-0.3, -0.25) is 4.79 Å². The van der Waals surface area contributed by atoms with Gasteiger partial charge in [0.2, 0.25) is 11.9 Å². The van der Waals surface area contributed by atoms with Crippen LogP contribution in [0.3, 0.4) is 0 Å². The molecule has 1 aromatic heterocycles. The third-order valence-corrected chi connectivity index (χ3v) is 4.67. The number of anilines is 1. The van der Waals surface area contributed by atoms with E-state index in [0.717, 1.165) is 45.1 Å². The second kappa shape index (κ2) is 6.43. The van der Waals surface area contributed by atoms with Gasteiger partial charge in [0.25, 0.3) is 0 Å². The molecule has 0 aromatic carbocycles. The number of hydrogen-bond acceptors (Lipinski definition) is 5. The zero-order chi connectivity index (χ0) is 14.7. The van der Waals surface area contributed by atoms with Crippen LogP contribution >= 0.6 is 0 Å². The number of piperidine rings is 1. The van der Waals surface area contributed by atoms with Crippen LogP contribution in [0.1, 0.15) is 25.7 Å². The summed E-state index contributed by atoms with van der Waals surface area (Å²) in [5, 5.41) is 6.75. The van der Waals surface area contributed by atoms with Gasteiger partial charge in [0.1, 0.15) is 6.33 Å². The summed E-state index contributed by atoms with van der Waals surface area (Å²) in [5.41, 5.74) is 0. The Labute approximate surface area is 125 Å². The number of piperazine rings is 1. The second-order valence-corrected chi connectivity index (χ2v) is 6.01. The molecule has 0 bridgehead atoms. The summed E-state index contributed by atoms with van der Waals surface area (Å²) in [6.45, 7) is 4.31. The number of aromatic nitrogens is 3. The molecule has 1 N–H and O–H groups in total. The maximum Gasteiger partial charge on any atom is 0.224 e. The van der Waals surface area contributed by atoms with Crippen molar-refractivity contribution in [2.45, 2.75) is 31.7 Å². The van der Waals surface area contributed by atoms with E-state index < -0.39 is 0 Å². The van der Waals surface area contributed by atoms with Crippen molar-refractivity contribution in [2.75, 3.05) is 44.7 Å². The predicted molar refractivity (Wildman–Crippen MR) is 80.1 cm³/mol. The van der Waals surface area contributed by atoms with Crippen LogP contribution in [-0.2, 0) is 4.79 Å². The molecule has 1 atom stereocenters. The lowest BCUT2D eigenvalue weighted by Crippen LogP contribution is -2.50. The average Bonchev–Trinajstić information content (AvgIpc) is 3.04. The molecule has 1 amide bonds. The summed E-state index contributed by atoms with van der Waals surface area (Å²) < 4.78 is 0. The molecule has 1 aromatic rings. The first-order valence-electron chi connectivity index (χ1n) is 7.82.